The maximum absolute atomic E-state index is 9.35. The fourth-order valence-electron chi connectivity index (χ4n) is 1.22. The zero-order valence-corrected chi connectivity index (χ0v) is 8.78. The van der Waals surface area contributed by atoms with Gasteiger partial charge in [0.1, 0.15) is 5.75 Å². The summed E-state index contributed by atoms with van der Waals surface area (Å²) in [4.78, 5) is 0. The Morgan fingerprint density at radius 3 is 2.64 bits per heavy atom. The summed E-state index contributed by atoms with van der Waals surface area (Å²) in [6, 6.07) is 5.61. The lowest BCUT2D eigenvalue weighted by molar-refractivity contribution is 0.0506. The zero-order valence-electron chi connectivity index (χ0n) is 8.78. The average Bonchev–Trinajstić information content (AvgIpc) is 2.15. The number of rotatable bonds is 4. The monoisotopic (exact) mass is 196 g/mol. The first-order valence-electron chi connectivity index (χ1n) is 4.55. The maximum Gasteiger partial charge on any atom is 0.188 e. The Kier molecular flexibility index (Phi) is 3.92. The van der Waals surface area contributed by atoms with E-state index in [9.17, 15) is 5.11 Å². The molecule has 0 saturated carbocycles. The second-order valence-electron chi connectivity index (χ2n) is 3.25. The first-order chi connectivity index (χ1) is 6.65. The summed E-state index contributed by atoms with van der Waals surface area (Å²) in [5.41, 5.74) is 1.90. The van der Waals surface area contributed by atoms with Crippen LogP contribution in [0.1, 0.15) is 24.2 Å². The van der Waals surface area contributed by atoms with E-state index < -0.39 is 6.10 Å². The van der Waals surface area contributed by atoms with Crippen molar-refractivity contribution in [3.8, 4) is 5.75 Å². The summed E-state index contributed by atoms with van der Waals surface area (Å²) in [6.07, 6.45) is -0.440. The summed E-state index contributed by atoms with van der Waals surface area (Å²) >= 11 is 0. The van der Waals surface area contributed by atoms with Crippen LogP contribution in [0.15, 0.2) is 18.2 Å². The molecule has 1 aromatic rings. The SMILES string of the molecule is COCOc1ccc([C@@H](C)O)cc1C. The van der Waals surface area contributed by atoms with Crippen LogP contribution in [0.4, 0.5) is 0 Å². The van der Waals surface area contributed by atoms with Crippen molar-refractivity contribution in [3.63, 3.8) is 0 Å². The molecule has 0 spiro atoms. The number of hydrogen-bond acceptors (Lipinski definition) is 3. The number of aryl methyl sites for hydroxylation is 1. The predicted molar refractivity (Wildman–Crippen MR) is 54.3 cm³/mol. The second-order valence-corrected chi connectivity index (χ2v) is 3.25. The van der Waals surface area contributed by atoms with Crippen LogP contribution < -0.4 is 4.74 Å². The van der Waals surface area contributed by atoms with Gasteiger partial charge in [-0.2, -0.15) is 0 Å². The van der Waals surface area contributed by atoms with E-state index in [0.29, 0.717) is 0 Å². The first-order valence-corrected chi connectivity index (χ1v) is 4.55. The molecule has 0 heterocycles. The highest BCUT2D eigenvalue weighted by atomic mass is 16.7. The van der Waals surface area contributed by atoms with Crippen LogP contribution in [0, 0.1) is 6.92 Å². The number of ether oxygens (including phenoxy) is 2. The van der Waals surface area contributed by atoms with E-state index >= 15 is 0 Å². The molecular weight excluding hydrogens is 180 g/mol. The maximum atomic E-state index is 9.35. The Balaban J connectivity index is 2.79. The Bertz CT molecular complexity index is 295. The Labute approximate surface area is 84.3 Å². The molecule has 0 amide bonds. The normalized spacial score (nSPS) is 12.6. The predicted octanol–water partition coefficient (Wildman–Crippen LogP) is 2.03. The van der Waals surface area contributed by atoms with Crippen molar-refractivity contribution in [2.75, 3.05) is 13.9 Å². The highest BCUT2D eigenvalue weighted by Crippen LogP contribution is 2.22. The minimum absolute atomic E-state index is 0.245. The molecule has 1 atom stereocenters. The quantitative estimate of drug-likeness (QED) is 0.749. The average molecular weight is 196 g/mol. The van der Waals surface area contributed by atoms with Crippen molar-refractivity contribution in [2.24, 2.45) is 0 Å². The van der Waals surface area contributed by atoms with Crippen LogP contribution in [0.25, 0.3) is 0 Å². The number of methoxy groups -OCH3 is 1. The molecule has 0 aliphatic carbocycles. The molecule has 14 heavy (non-hydrogen) atoms. The van der Waals surface area contributed by atoms with Crippen molar-refractivity contribution in [1.82, 2.24) is 0 Å². The zero-order chi connectivity index (χ0) is 10.6. The van der Waals surface area contributed by atoms with Gasteiger partial charge in [-0.1, -0.05) is 6.07 Å². The van der Waals surface area contributed by atoms with E-state index in [1.54, 1.807) is 14.0 Å². The summed E-state index contributed by atoms with van der Waals surface area (Å²) in [5.74, 6) is 0.788. The Morgan fingerprint density at radius 2 is 2.14 bits per heavy atom. The molecule has 0 aromatic heterocycles. The van der Waals surface area contributed by atoms with Crippen LogP contribution in [0.3, 0.4) is 0 Å². The van der Waals surface area contributed by atoms with Gasteiger partial charge in [-0.15, -0.1) is 0 Å². The highest BCUT2D eigenvalue weighted by molar-refractivity contribution is 5.36. The molecule has 78 valence electrons. The lowest BCUT2D eigenvalue weighted by Crippen LogP contribution is -2.01. The third kappa shape index (κ3) is 2.72. The fourth-order valence-corrected chi connectivity index (χ4v) is 1.22. The third-order valence-corrected chi connectivity index (χ3v) is 2.01. The van der Waals surface area contributed by atoms with Gasteiger partial charge in [0.25, 0.3) is 0 Å². The minimum Gasteiger partial charge on any atom is -0.467 e. The van der Waals surface area contributed by atoms with Gasteiger partial charge < -0.3 is 14.6 Å². The molecule has 0 unspecified atom stereocenters. The molecular formula is C11H16O3. The second kappa shape index (κ2) is 4.98. The first kappa shape index (κ1) is 11.0. The van der Waals surface area contributed by atoms with E-state index in [0.717, 1.165) is 16.9 Å². The molecule has 3 heteroatoms. The largest absolute Gasteiger partial charge is 0.467 e. The molecule has 0 saturated heterocycles. The topological polar surface area (TPSA) is 38.7 Å². The molecule has 0 aliphatic heterocycles. The third-order valence-electron chi connectivity index (χ3n) is 2.01. The number of aliphatic hydroxyl groups is 1. The Hall–Kier alpha value is -1.06. The van der Waals surface area contributed by atoms with Gasteiger partial charge in [-0.25, -0.2) is 0 Å². The molecule has 1 N–H and O–H groups in total. The summed E-state index contributed by atoms with van der Waals surface area (Å²) in [7, 11) is 1.58. The lowest BCUT2D eigenvalue weighted by atomic mass is 10.1. The molecule has 1 rings (SSSR count). The van der Waals surface area contributed by atoms with Gasteiger partial charge in [0, 0.05) is 7.11 Å². The van der Waals surface area contributed by atoms with Crippen molar-refractivity contribution < 1.29 is 14.6 Å². The van der Waals surface area contributed by atoms with Crippen LogP contribution in [-0.2, 0) is 4.74 Å². The molecule has 1 aromatic carbocycles. The standard InChI is InChI=1S/C11H16O3/c1-8-6-10(9(2)12)4-5-11(8)14-7-13-3/h4-6,9,12H,7H2,1-3H3/t9-/m1/s1. The highest BCUT2D eigenvalue weighted by Gasteiger charge is 2.04. The van der Waals surface area contributed by atoms with Crippen LogP contribution in [0.5, 0.6) is 5.75 Å². The van der Waals surface area contributed by atoms with E-state index in [1.165, 1.54) is 0 Å². The van der Waals surface area contributed by atoms with Crippen molar-refractivity contribution in [1.29, 1.82) is 0 Å². The molecule has 0 fully saturated rings. The molecule has 3 nitrogen and oxygen atoms in total. The van der Waals surface area contributed by atoms with Crippen molar-refractivity contribution >= 4 is 0 Å². The van der Waals surface area contributed by atoms with Gasteiger partial charge in [0.05, 0.1) is 6.10 Å². The number of aliphatic hydroxyl groups excluding tert-OH is 1. The van der Waals surface area contributed by atoms with E-state index in [-0.39, 0.29) is 6.79 Å². The summed E-state index contributed by atoms with van der Waals surface area (Å²) in [6.45, 7) is 3.93. The molecule has 0 radical (unpaired) electrons. The van der Waals surface area contributed by atoms with Crippen molar-refractivity contribution in [3.05, 3.63) is 29.3 Å². The summed E-state index contributed by atoms with van der Waals surface area (Å²) < 4.78 is 10.1. The lowest BCUT2D eigenvalue weighted by Gasteiger charge is -2.10. The van der Waals surface area contributed by atoms with E-state index in [4.69, 9.17) is 9.47 Å². The van der Waals surface area contributed by atoms with Gasteiger partial charge in [0.15, 0.2) is 6.79 Å². The number of benzene rings is 1. The van der Waals surface area contributed by atoms with Gasteiger partial charge in [-0.3, -0.25) is 0 Å². The number of hydrogen-bond donors (Lipinski definition) is 1. The van der Waals surface area contributed by atoms with E-state index in [1.807, 2.05) is 25.1 Å². The Morgan fingerprint density at radius 1 is 1.43 bits per heavy atom. The van der Waals surface area contributed by atoms with Gasteiger partial charge >= 0.3 is 0 Å². The van der Waals surface area contributed by atoms with Crippen molar-refractivity contribution in [2.45, 2.75) is 20.0 Å². The van der Waals surface area contributed by atoms with E-state index in [2.05, 4.69) is 0 Å². The van der Waals surface area contributed by atoms with Crippen LogP contribution in [0.2, 0.25) is 0 Å². The summed E-state index contributed by atoms with van der Waals surface area (Å²) in [5, 5.41) is 9.35. The smallest absolute Gasteiger partial charge is 0.188 e. The fraction of sp³-hybridized carbons (Fsp3) is 0.455. The minimum atomic E-state index is -0.440. The van der Waals surface area contributed by atoms with Crippen LogP contribution >= 0.6 is 0 Å². The molecule has 0 aliphatic rings. The van der Waals surface area contributed by atoms with Gasteiger partial charge in [0.2, 0.25) is 0 Å². The van der Waals surface area contributed by atoms with Crippen LogP contribution in [-0.4, -0.2) is 19.0 Å². The molecule has 0 bridgehead atoms. The van der Waals surface area contributed by atoms with Gasteiger partial charge in [-0.05, 0) is 37.1 Å².